The molecule has 3 rings (SSSR count). The van der Waals surface area contributed by atoms with Gasteiger partial charge in [0.05, 0.1) is 14.2 Å². The van der Waals surface area contributed by atoms with Crippen molar-refractivity contribution in [3.8, 4) is 11.5 Å². The van der Waals surface area contributed by atoms with E-state index in [-0.39, 0.29) is 18.7 Å². The predicted molar refractivity (Wildman–Crippen MR) is 92.9 cm³/mol. The summed E-state index contributed by atoms with van der Waals surface area (Å²) in [6, 6.07) is 4.71. The van der Waals surface area contributed by atoms with Crippen LogP contribution in [0.5, 0.6) is 11.5 Å². The standard InChI is InChI=1S/C19H19NO8/c1-10(21)27-16-17(24)19(2,11-5-6-12(25-3)13(9-11)26-4)28-18(16)20-14(22)7-8-15(20)23/h5-6,9H,7-8H2,1-4H3. The highest BCUT2D eigenvalue weighted by Crippen LogP contribution is 2.43. The monoisotopic (exact) mass is 389 g/mol. The molecule has 1 fully saturated rings. The maximum atomic E-state index is 13.1. The molecule has 2 amide bonds. The Morgan fingerprint density at radius 2 is 1.68 bits per heavy atom. The maximum absolute atomic E-state index is 13.1. The Labute approximate surface area is 160 Å². The van der Waals surface area contributed by atoms with Crippen molar-refractivity contribution in [1.82, 2.24) is 4.90 Å². The van der Waals surface area contributed by atoms with Gasteiger partial charge in [0.2, 0.25) is 17.6 Å². The van der Waals surface area contributed by atoms with Crippen molar-refractivity contribution in [2.45, 2.75) is 32.3 Å². The number of hydrogen-bond donors (Lipinski definition) is 0. The van der Waals surface area contributed by atoms with E-state index in [4.69, 9.17) is 18.9 Å². The van der Waals surface area contributed by atoms with Crippen molar-refractivity contribution >= 4 is 23.6 Å². The maximum Gasteiger partial charge on any atom is 0.308 e. The molecule has 28 heavy (non-hydrogen) atoms. The summed E-state index contributed by atoms with van der Waals surface area (Å²) in [6.07, 6.45) is -0.0272. The van der Waals surface area contributed by atoms with E-state index < -0.39 is 34.9 Å². The van der Waals surface area contributed by atoms with E-state index in [2.05, 4.69) is 0 Å². The minimum atomic E-state index is -1.64. The first kappa shape index (κ1) is 19.4. The number of nitrogens with zero attached hydrogens (tertiary/aromatic N) is 1. The summed E-state index contributed by atoms with van der Waals surface area (Å²) in [5, 5.41) is 0. The zero-order valence-corrected chi connectivity index (χ0v) is 15.9. The van der Waals surface area contributed by atoms with Gasteiger partial charge in [-0.3, -0.25) is 19.2 Å². The second-order valence-electron chi connectivity index (χ2n) is 6.39. The number of likely N-dealkylation sites (tertiary alicyclic amines) is 1. The molecule has 0 aliphatic carbocycles. The molecule has 1 unspecified atom stereocenters. The first-order valence-electron chi connectivity index (χ1n) is 8.47. The summed E-state index contributed by atoms with van der Waals surface area (Å²) in [6.45, 7) is 2.57. The fraction of sp³-hybridized carbons (Fsp3) is 0.368. The van der Waals surface area contributed by atoms with Crippen LogP contribution < -0.4 is 9.47 Å². The Kier molecular flexibility index (Phi) is 4.84. The third kappa shape index (κ3) is 2.98. The molecule has 0 radical (unpaired) electrons. The zero-order valence-electron chi connectivity index (χ0n) is 15.9. The minimum absolute atomic E-state index is 0.0136. The Hall–Kier alpha value is -3.36. The number of ether oxygens (including phenoxy) is 4. The van der Waals surface area contributed by atoms with E-state index in [1.165, 1.54) is 21.1 Å². The molecule has 2 aliphatic heterocycles. The zero-order chi connectivity index (χ0) is 20.6. The molecule has 1 saturated heterocycles. The van der Waals surface area contributed by atoms with Crippen LogP contribution in [0.3, 0.4) is 0 Å². The molecule has 9 heteroatoms. The van der Waals surface area contributed by atoms with Crippen molar-refractivity contribution < 1.29 is 38.1 Å². The SMILES string of the molecule is COc1ccc(C2(C)OC(N3C(=O)CCC3=O)=C(OC(C)=O)C2=O)cc1OC. The summed E-state index contributed by atoms with van der Waals surface area (Å²) >= 11 is 0. The van der Waals surface area contributed by atoms with Gasteiger partial charge in [-0.15, -0.1) is 0 Å². The molecule has 0 aromatic heterocycles. The lowest BCUT2D eigenvalue weighted by Crippen LogP contribution is -2.33. The molecule has 2 heterocycles. The predicted octanol–water partition coefficient (Wildman–Crippen LogP) is 1.40. The van der Waals surface area contributed by atoms with Crippen LogP contribution in [0, 0.1) is 0 Å². The number of amides is 2. The topological polar surface area (TPSA) is 108 Å². The Morgan fingerprint density at radius 3 is 2.21 bits per heavy atom. The fourth-order valence-corrected chi connectivity index (χ4v) is 3.11. The van der Waals surface area contributed by atoms with E-state index in [1.54, 1.807) is 18.2 Å². The van der Waals surface area contributed by atoms with E-state index in [9.17, 15) is 19.2 Å². The molecule has 0 bridgehead atoms. The number of methoxy groups -OCH3 is 2. The number of carbonyl (C=O) groups is 4. The summed E-state index contributed by atoms with van der Waals surface area (Å²) < 4.78 is 21.3. The Morgan fingerprint density at radius 1 is 1.07 bits per heavy atom. The van der Waals surface area contributed by atoms with Gasteiger partial charge in [0.1, 0.15) is 0 Å². The highest BCUT2D eigenvalue weighted by Gasteiger charge is 2.53. The van der Waals surface area contributed by atoms with Gasteiger partial charge in [-0.25, -0.2) is 4.90 Å². The lowest BCUT2D eigenvalue weighted by atomic mass is 9.91. The molecule has 148 valence electrons. The van der Waals surface area contributed by atoms with Crippen LogP contribution in [0.2, 0.25) is 0 Å². The van der Waals surface area contributed by atoms with E-state index >= 15 is 0 Å². The summed E-state index contributed by atoms with van der Waals surface area (Å²) in [5.41, 5.74) is -1.27. The Balaban J connectivity index is 2.08. The van der Waals surface area contributed by atoms with Crippen LogP contribution in [0.15, 0.2) is 29.8 Å². The van der Waals surface area contributed by atoms with Crippen LogP contribution in [-0.4, -0.2) is 42.7 Å². The van der Waals surface area contributed by atoms with Crippen LogP contribution in [0.1, 0.15) is 32.3 Å². The van der Waals surface area contributed by atoms with Gasteiger partial charge in [0, 0.05) is 25.3 Å². The number of imide groups is 1. The van der Waals surface area contributed by atoms with Crippen molar-refractivity contribution in [1.29, 1.82) is 0 Å². The van der Waals surface area contributed by atoms with Gasteiger partial charge in [-0.2, -0.15) is 0 Å². The fourth-order valence-electron chi connectivity index (χ4n) is 3.11. The Bertz CT molecular complexity index is 903. The van der Waals surface area contributed by atoms with Crippen LogP contribution in [0.4, 0.5) is 0 Å². The smallest absolute Gasteiger partial charge is 0.308 e. The van der Waals surface area contributed by atoms with Crippen LogP contribution in [-0.2, 0) is 34.3 Å². The number of rotatable bonds is 5. The minimum Gasteiger partial charge on any atom is -0.493 e. The van der Waals surface area contributed by atoms with Gasteiger partial charge in [0.25, 0.3) is 11.7 Å². The van der Waals surface area contributed by atoms with Gasteiger partial charge in [0.15, 0.2) is 17.1 Å². The van der Waals surface area contributed by atoms with Gasteiger partial charge in [-0.1, -0.05) is 6.07 Å². The van der Waals surface area contributed by atoms with Crippen molar-refractivity contribution in [2.75, 3.05) is 14.2 Å². The third-order valence-corrected chi connectivity index (χ3v) is 4.57. The second kappa shape index (κ2) is 6.99. The van der Waals surface area contributed by atoms with E-state index in [0.717, 1.165) is 11.8 Å². The molecular weight excluding hydrogens is 370 g/mol. The highest BCUT2D eigenvalue weighted by molar-refractivity contribution is 6.09. The molecule has 9 nitrogen and oxygen atoms in total. The number of esters is 1. The molecule has 1 aromatic carbocycles. The van der Waals surface area contributed by atoms with Crippen molar-refractivity contribution in [3.63, 3.8) is 0 Å². The summed E-state index contributed by atoms with van der Waals surface area (Å²) in [7, 11) is 2.91. The summed E-state index contributed by atoms with van der Waals surface area (Å²) in [4.78, 5) is 49.7. The number of hydrogen-bond acceptors (Lipinski definition) is 8. The molecule has 1 aromatic rings. The average Bonchev–Trinajstić information content (AvgIpc) is 3.12. The first-order chi connectivity index (χ1) is 13.2. The van der Waals surface area contributed by atoms with E-state index in [0.29, 0.717) is 17.1 Å². The second-order valence-corrected chi connectivity index (χ2v) is 6.39. The molecule has 0 saturated carbocycles. The highest BCUT2D eigenvalue weighted by atomic mass is 16.6. The van der Waals surface area contributed by atoms with E-state index in [1.807, 2.05) is 0 Å². The van der Waals surface area contributed by atoms with Gasteiger partial charge >= 0.3 is 5.97 Å². The third-order valence-electron chi connectivity index (χ3n) is 4.57. The normalized spacial score (nSPS) is 21.9. The molecule has 0 spiro atoms. The van der Waals surface area contributed by atoms with Crippen molar-refractivity contribution in [3.05, 3.63) is 35.4 Å². The molecular formula is C19H19NO8. The first-order valence-corrected chi connectivity index (χ1v) is 8.47. The van der Waals surface area contributed by atoms with Gasteiger partial charge in [-0.05, 0) is 19.1 Å². The number of carbonyl (C=O) groups excluding carboxylic acids is 4. The average molecular weight is 389 g/mol. The lowest BCUT2D eigenvalue weighted by molar-refractivity contribution is -0.144. The molecule has 0 N–H and O–H groups in total. The summed E-state index contributed by atoms with van der Waals surface area (Å²) in [5.74, 6) is -2.59. The number of Topliss-reactive ketones (excluding diaryl/α,β-unsaturated/α-hetero) is 1. The quantitative estimate of drug-likeness (QED) is 0.549. The van der Waals surface area contributed by atoms with Crippen LogP contribution in [0.25, 0.3) is 0 Å². The largest absolute Gasteiger partial charge is 0.493 e. The molecule has 1 atom stereocenters. The number of benzene rings is 1. The van der Waals surface area contributed by atoms with Gasteiger partial charge < -0.3 is 18.9 Å². The van der Waals surface area contributed by atoms with Crippen LogP contribution >= 0.6 is 0 Å². The molecule has 2 aliphatic rings. The number of ketones is 1. The lowest BCUT2D eigenvalue weighted by Gasteiger charge is -2.26. The van der Waals surface area contributed by atoms with Crippen molar-refractivity contribution in [2.24, 2.45) is 0 Å².